The van der Waals surface area contributed by atoms with E-state index in [1.54, 1.807) is 5.38 Å². The molecule has 1 radical (unpaired) electrons. The molecule has 0 saturated carbocycles. The standard InChI is InChI=1S/C10H16N3OS/c1-3-4-5-8(12-7(2)14)10-13-9(11)6-15-10/h6H,3-5,11H2,1-2H3,(H,12,14). The predicted molar refractivity (Wildman–Crippen MR) is 62.2 cm³/mol. The van der Waals surface area contributed by atoms with E-state index in [2.05, 4.69) is 17.2 Å². The van der Waals surface area contributed by atoms with Gasteiger partial charge in [-0.1, -0.05) is 19.8 Å². The number of nitrogen functional groups attached to an aromatic ring is 1. The molecule has 4 nitrogen and oxygen atoms in total. The van der Waals surface area contributed by atoms with Crippen molar-refractivity contribution in [3.8, 4) is 0 Å². The summed E-state index contributed by atoms with van der Waals surface area (Å²) in [5, 5.41) is 5.41. The zero-order valence-corrected chi connectivity index (χ0v) is 9.86. The Balaban J connectivity index is 2.66. The molecule has 1 rings (SSSR count). The molecular weight excluding hydrogens is 210 g/mol. The fourth-order valence-electron chi connectivity index (χ4n) is 1.21. The third-order valence-corrected chi connectivity index (χ3v) is 2.81. The number of carbonyl (C=O) groups excluding carboxylic acids is 1. The normalized spacial score (nSPS) is 10.6. The van der Waals surface area contributed by atoms with E-state index in [4.69, 9.17) is 5.73 Å². The number of nitrogens with zero attached hydrogens (tertiary/aromatic N) is 1. The van der Waals surface area contributed by atoms with Crippen molar-refractivity contribution in [2.24, 2.45) is 0 Å². The molecule has 0 aliphatic rings. The number of rotatable bonds is 5. The Labute approximate surface area is 93.9 Å². The van der Waals surface area contributed by atoms with Gasteiger partial charge in [0.2, 0.25) is 5.91 Å². The van der Waals surface area contributed by atoms with Gasteiger partial charge in [0.1, 0.15) is 16.9 Å². The second-order valence-electron chi connectivity index (χ2n) is 3.34. The summed E-state index contributed by atoms with van der Waals surface area (Å²) in [6.07, 6.45) is 2.96. The van der Waals surface area contributed by atoms with Crippen LogP contribution in [0.3, 0.4) is 0 Å². The first-order valence-corrected chi connectivity index (χ1v) is 5.86. The third kappa shape index (κ3) is 3.87. The number of hydrogen-bond donors (Lipinski definition) is 2. The molecule has 0 aromatic carbocycles. The van der Waals surface area contributed by atoms with Gasteiger partial charge in [0, 0.05) is 12.3 Å². The monoisotopic (exact) mass is 226 g/mol. The fourth-order valence-corrected chi connectivity index (χ4v) is 1.95. The highest BCUT2D eigenvalue weighted by atomic mass is 32.1. The molecule has 1 aromatic rings. The van der Waals surface area contributed by atoms with E-state index in [1.165, 1.54) is 18.3 Å². The Morgan fingerprint density at radius 3 is 2.87 bits per heavy atom. The molecule has 5 heteroatoms. The van der Waals surface area contributed by atoms with E-state index in [0.717, 1.165) is 30.3 Å². The molecule has 0 unspecified atom stereocenters. The number of carbonyl (C=O) groups is 1. The number of thiazole rings is 1. The summed E-state index contributed by atoms with van der Waals surface area (Å²) in [4.78, 5) is 15.2. The molecule has 1 aromatic heterocycles. The number of amides is 1. The number of aromatic nitrogens is 1. The molecule has 0 atom stereocenters. The first kappa shape index (κ1) is 12.0. The largest absolute Gasteiger partial charge is 0.383 e. The van der Waals surface area contributed by atoms with E-state index in [0.29, 0.717) is 5.82 Å². The minimum Gasteiger partial charge on any atom is -0.383 e. The Kier molecular flexibility index (Phi) is 4.55. The van der Waals surface area contributed by atoms with Crippen LogP contribution in [0.2, 0.25) is 0 Å². The fraction of sp³-hybridized carbons (Fsp3) is 0.500. The average Bonchev–Trinajstić information content (AvgIpc) is 2.58. The van der Waals surface area contributed by atoms with Crippen LogP contribution in [-0.4, -0.2) is 10.9 Å². The number of anilines is 1. The molecule has 0 bridgehead atoms. The van der Waals surface area contributed by atoms with Gasteiger partial charge in [0.05, 0.1) is 0 Å². The quantitative estimate of drug-likeness (QED) is 0.806. The van der Waals surface area contributed by atoms with E-state index in [9.17, 15) is 4.79 Å². The highest BCUT2D eigenvalue weighted by molar-refractivity contribution is 7.10. The number of unbranched alkanes of at least 4 members (excludes halogenated alkanes) is 1. The minimum atomic E-state index is -0.0603. The summed E-state index contributed by atoms with van der Waals surface area (Å²) in [5.74, 6) is 0.448. The SMILES string of the molecule is CCCC[C](NC(C)=O)c1nc(N)cs1. The van der Waals surface area contributed by atoms with Crippen LogP contribution in [0.4, 0.5) is 5.82 Å². The molecule has 0 spiro atoms. The van der Waals surface area contributed by atoms with Crippen LogP contribution < -0.4 is 11.1 Å². The maximum absolute atomic E-state index is 11.0. The Morgan fingerprint density at radius 1 is 1.67 bits per heavy atom. The Morgan fingerprint density at radius 2 is 2.40 bits per heavy atom. The van der Waals surface area contributed by atoms with Gasteiger partial charge >= 0.3 is 0 Å². The second kappa shape index (κ2) is 5.70. The smallest absolute Gasteiger partial charge is 0.217 e. The highest BCUT2D eigenvalue weighted by Gasteiger charge is 2.16. The topological polar surface area (TPSA) is 68.0 Å². The van der Waals surface area contributed by atoms with Crippen molar-refractivity contribution < 1.29 is 4.79 Å². The van der Waals surface area contributed by atoms with Crippen molar-refractivity contribution in [1.82, 2.24) is 10.3 Å². The van der Waals surface area contributed by atoms with Crippen molar-refractivity contribution in [2.45, 2.75) is 33.1 Å². The zero-order valence-electron chi connectivity index (χ0n) is 9.04. The lowest BCUT2D eigenvalue weighted by Crippen LogP contribution is -2.26. The number of nitrogens with one attached hydrogen (secondary N) is 1. The number of nitrogens with two attached hydrogens (primary N) is 1. The molecular formula is C10H16N3OS. The average molecular weight is 226 g/mol. The van der Waals surface area contributed by atoms with Crippen LogP contribution in [0, 0.1) is 6.04 Å². The van der Waals surface area contributed by atoms with Crippen LogP contribution in [0.15, 0.2) is 5.38 Å². The Hall–Kier alpha value is -1.10. The van der Waals surface area contributed by atoms with Gasteiger partial charge in [0.25, 0.3) is 0 Å². The highest BCUT2D eigenvalue weighted by Crippen LogP contribution is 2.22. The third-order valence-electron chi connectivity index (χ3n) is 1.89. The second-order valence-corrected chi connectivity index (χ2v) is 4.20. The van der Waals surface area contributed by atoms with Crippen molar-refractivity contribution in [2.75, 3.05) is 5.73 Å². The van der Waals surface area contributed by atoms with Gasteiger partial charge < -0.3 is 11.1 Å². The summed E-state index contributed by atoms with van der Waals surface area (Å²) in [6, 6.07) is 0.881. The van der Waals surface area contributed by atoms with Crippen molar-refractivity contribution >= 4 is 23.1 Å². The molecule has 1 amide bonds. The van der Waals surface area contributed by atoms with Gasteiger partial charge in [-0.2, -0.15) is 0 Å². The van der Waals surface area contributed by atoms with Gasteiger partial charge in [-0.3, -0.25) is 4.79 Å². The molecule has 83 valence electrons. The van der Waals surface area contributed by atoms with Gasteiger partial charge in [-0.05, 0) is 6.42 Å². The molecule has 3 N–H and O–H groups in total. The maximum Gasteiger partial charge on any atom is 0.217 e. The molecule has 0 fully saturated rings. The summed E-state index contributed by atoms with van der Waals surface area (Å²) in [7, 11) is 0. The van der Waals surface area contributed by atoms with Crippen LogP contribution in [0.1, 0.15) is 38.1 Å². The van der Waals surface area contributed by atoms with Gasteiger partial charge in [-0.25, -0.2) is 4.98 Å². The molecule has 1 heterocycles. The lowest BCUT2D eigenvalue weighted by Gasteiger charge is -2.13. The van der Waals surface area contributed by atoms with Crippen LogP contribution in [0.25, 0.3) is 0 Å². The summed E-state index contributed by atoms with van der Waals surface area (Å²) < 4.78 is 0. The van der Waals surface area contributed by atoms with E-state index in [-0.39, 0.29) is 5.91 Å². The summed E-state index contributed by atoms with van der Waals surface area (Å²) in [5.41, 5.74) is 5.55. The van der Waals surface area contributed by atoms with Crippen LogP contribution in [0.5, 0.6) is 0 Å². The Bertz CT molecular complexity index is 324. The number of hydrogen-bond acceptors (Lipinski definition) is 4. The molecule has 15 heavy (non-hydrogen) atoms. The minimum absolute atomic E-state index is 0.0603. The summed E-state index contributed by atoms with van der Waals surface area (Å²) >= 11 is 1.46. The first-order chi connectivity index (χ1) is 7.13. The van der Waals surface area contributed by atoms with Gasteiger partial charge in [-0.15, -0.1) is 11.3 Å². The van der Waals surface area contributed by atoms with Gasteiger partial charge in [0.15, 0.2) is 0 Å². The predicted octanol–water partition coefficient (Wildman–Crippen LogP) is 1.93. The molecule has 0 aliphatic heterocycles. The lowest BCUT2D eigenvalue weighted by molar-refractivity contribution is -0.118. The van der Waals surface area contributed by atoms with Crippen LogP contribution in [-0.2, 0) is 4.79 Å². The first-order valence-electron chi connectivity index (χ1n) is 4.98. The molecule has 0 aliphatic carbocycles. The lowest BCUT2D eigenvalue weighted by atomic mass is 10.1. The van der Waals surface area contributed by atoms with E-state index >= 15 is 0 Å². The van der Waals surface area contributed by atoms with Crippen molar-refractivity contribution in [3.05, 3.63) is 16.4 Å². The van der Waals surface area contributed by atoms with Crippen molar-refractivity contribution in [1.29, 1.82) is 0 Å². The zero-order chi connectivity index (χ0) is 11.3. The maximum atomic E-state index is 11.0. The molecule has 0 saturated heterocycles. The van der Waals surface area contributed by atoms with E-state index in [1.807, 2.05) is 0 Å². The van der Waals surface area contributed by atoms with E-state index < -0.39 is 0 Å². The van der Waals surface area contributed by atoms with Crippen LogP contribution >= 0.6 is 11.3 Å². The summed E-state index contributed by atoms with van der Waals surface area (Å²) in [6.45, 7) is 3.62. The van der Waals surface area contributed by atoms with Crippen molar-refractivity contribution in [3.63, 3.8) is 0 Å².